The monoisotopic (exact) mass is 225 g/mol. The van der Waals surface area contributed by atoms with E-state index in [0.717, 1.165) is 18.7 Å². The molecule has 1 rings (SSSR count). The van der Waals surface area contributed by atoms with E-state index in [9.17, 15) is 4.79 Å². The van der Waals surface area contributed by atoms with Gasteiger partial charge in [-0.3, -0.25) is 4.90 Å². The highest BCUT2D eigenvalue weighted by Crippen LogP contribution is 2.21. The summed E-state index contributed by atoms with van der Waals surface area (Å²) in [6.07, 6.45) is 1.09. The van der Waals surface area contributed by atoms with Gasteiger partial charge in [-0.1, -0.05) is 6.92 Å². The van der Waals surface area contributed by atoms with E-state index in [1.807, 2.05) is 13.1 Å². The van der Waals surface area contributed by atoms with Gasteiger partial charge in [-0.2, -0.15) is 0 Å². The Labute approximate surface area is 96.2 Å². The average Bonchev–Trinajstić information content (AvgIpc) is 2.76. The summed E-state index contributed by atoms with van der Waals surface area (Å²) >= 11 is 0. The van der Waals surface area contributed by atoms with Crippen LogP contribution in [0.2, 0.25) is 0 Å². The highest BCUT2D eigenvalue weighted by Gasteiger charge is 2.17. The zero-order valence-electron chi connectivity index (χ0n) is 10.3. The summed E-state index contributed by atoms with van der Waals surface area (Å²) in [4.78, 5) is 13.4. The Kier molecular flexibility index (Phi) is 4.55. The Hall–Kier alpha value is -1.29. The SMILES string of the molecule is CCCN(C)C(C)c1ccc(C(=O)OC)o1. The number of hydrogen-bond acceptors (Lipinski definition) is 4. The van der Waals surface area contributed by atoms with Crippen LogP contribution in [0.3, 0.4) is 0 Å². The molecule has 0 N–H and O–H groups in total. The predicted octanol–water partition coefficient (Wildman–Crippen LogP) is 2.47. The fourth-order valence-corrected chi connectivity index (χ4v) is 1.55. The third-order valence-electron chi connectivity index (χ3n) is 2.66. The molecule has 16 heavy (non-hydrogen) atoms. The molecule has 0 aromatic carbocycles. The Balaban J connectivity index is 2.73. The molecule has 4 heteroatoms. The Morgan fingerprint density at radius 3 is 2.81 bits per heavy atom. The van der Waals surface area contributed by atoms with Crippen molar-refractivity contribution in [2.45, 2.75) is 26.3 Å². The van der Waals surface area contributed by atoms with Gasteiger partial charge in [0.1, 0.15) is 5.76 Å². The van der Waals surface area contributed by atoms with Crippen LogP contribution in [-0.2, 0) is 4.74 Å². The van der Waals surface area contributed by atoms with Crippen molar-refractivity contribution in [3.05, 3.63) is 23.7 Å². The minimum Gasteiger partial charge on any atom is -0.463 e. The molecule has 0 fully saturated rings. The molecule has 0 aliphatic rings. The summed E-state index contributed by atoms with van der Waals surface area (Å²) in [7, 11) is 3.38. The van der Waals surface area contributed by atoms with E-state index in [2.05, 4.69) is 23.5 Å². The van der Waals surface area contributed by atoms with E-state index in [-0.39, 0.29) is 11.8 Å². The fourth-order valence-electron chi connectivity index (χ4n) is 1.55. The molecule has 0 saturated carbocycles. The highest BCUT2D eigenvalue weighted by molar-refractivity contribution is 5.86. The molecule has 0 radical (unpaired) electrons. The van der Waals surface area contributed by atoms with Crippen molar-refractivity contribution in [2.24, 2.45) is 0 Å². The molecule has 0 spiro atoms. The quantitative estimate of drug-likeness (QED) is 0.722. The van der Waals surface area contributed by atoms with Crippen molar-refractivity contribution in [1.29, 1.82) is 0 Å². The molecular weight excluding hydrogens is 206 g/mol. The van der Waals surface area contributed by atoms with Crippen LogP contribution in [0.4, 0.5) is 0 Å². The molecule has 4 nitrogen and oxygen atoms in total. The molecule has 1 unspecified atom stereocenters. The second-order valence-corrected chi connectivity index (χ2v) is 3.85. The number of furan rings is 1. The van der Waals surface area contributed by atoms with E-state index in [4.69, 9.17) is 4.42 Å². The van der Waals surface area contributed by atoms with Gasteiger partial charge in [0, 0.05) is 0 Å². The van der Waals surface area contributed by atoms with Crippen LogP contribution in [0.5, 0.6) is 0 Å². The van der Waals surface area contributed by atoms with E-state index in [1.54, 1.807) is 6.07 Å². The molecule has 1 heterocycles. The van der Waals surface area contributed by atoms with Crippen molar-refractivity contribution >= 4 is 5.97 Å². The highest BCUT2D eigenvalue weighted by atomic mass is 16.5. The predicted molar refractivity (Wildman–Crippen MR) is 61.4 cm³/mol. The number of rotatable bonds is 5. The van der Waals surface area contributed by atoms with E-state index < -0.39 is 5.97 Å². The maximum Gasteiger partial charge on any atom is 0.373 e. The summed E-state index contributed by atoms with van der Waals surface area (Å²) in [6, 6.07) is 3.64. The molecule has 1 aromatic heterocycles. The number of methoxy groups -OCH3 is 1. The molecule has 1 aromatic rings. The minimum absolute atomic E-state index is 0.165. The largest absolute Gasteiger partial charge is 0.463 e. The number of carbonyl (C=O) groups is 1. The standard InChI is InChI=1S/C12H19NO3/c1-5-8-13(3)9(2)10-6-7-11(16-10)12(14)15-4/h6-7,9H,5,8H2,1-4H3. The Bertz CT molecular complexity index is 346. The van der Waals surface area contributed by atoms with Crippen molar-refractivity contribution in [1.82, 2.24) is 4.90 Å². The zero-order chi connectivity index (χ0) is 12.1. The van der Waals surface area contributed by atoms with Gasteiger partial charge in [0.05, 0.1) is 13.2 Å². The first-order valence-electron chi connectivity index (χ1n) is 5.48. The third kappa shape index (κ3) is 2.85. The normalized spacial score (nSPS) is 12.8. The van der Waals surface area contributed by atoms with Crippen molar-refractivity contribution in [3.8, 4) is 0 Å². The van der Waals surface area contributed by atoms with Crippen LogP contribution in [0.1, 0.15) is 42.6 Å². The molecule has 0 bridgehead atoms. The average molecular weight is 225 g/mol. The number of ether oxygens (including phenoxy) is 1. The lowest BCUT2D eigenvalue weighted by atomic mass is 10.2. The second-order valence-electron chi connectivity index (χ2n) is 3.85. The maximum atomic E-state index is 11.2. The minimum atomic E-state index is -0.434. The number of carbonyl (C=O) groups excluding carboxylic acids is 1. The van der Waals surface area contributed by atoms with Crippen molar-refractivity contribution < 1.29 is 13.9 Å². The molecule has 90 valence electrons. The molecular formula is C12H19NO3. The Morgan fingerprint density at radius 1 is 1.56 bits per heavy atom. The van der Waals surface area contributed by atoms with E-state index >= 15 is 0 Å². The summed E-state index contributed by atoms with van der Waals surface area (Å²) in [5.41, 5.74) is 0. The van der Waals surface area contributed by atoms with E-state index in [1.165, 1.54) is 7.11 Å². The topological polar surface area (TPSA) is 42.7 Å². The molecule has 0 amide bonds. The van der Waals surface area contributed by atoms with Crippen LogP contribution in [0.25, 0.3) is 0 Å². The van der Waals surface area contributed by atoms with Gasteiger partial charge in [-0.05, 0) is 39.1 Å². The first kappa shape index (κ1) is 12.8. The van der Waals surface area contributed by atoms with Gasteiger partial charge in [0.2, 0.25) is 5.76 Å². The first-order chi connectivity index (χ1) is 7.60. The van der Waals surface area contributed by atoms with Gasteiger partial charge >= 0.3 is 5.97 Å². The van der Waals surface area contributed by atoms with E-state index in [0.29, 0.717) is 0 Å². The molecule has 0 aliphatic heterocycles. The van der Waals surface area contributed by atoms with Gasteiger partial charge in [-0.25, -0.2) is 4.79 Å². The van der Waals surface area contributed by atoms with Gasteiger partial charge in [0.25, 0.3) is 0 Å². The zero-order valence-corrected chi connectivity index (χ0v) is 10.3. The summed E-state index contributed by atoms with van der Waals surface area (Å²) in [5.74, 6) is 0.613. The first-order valence-corrected chi connectivity index (χ1v) is 5.48. The smallest absolute Gasteiger partial charge is 0.373 e. The molecule has 1 atom stereocenters. The lowest BCUT2D eigenvalue weighted by Crippen LogP contribution is -2.22. The van der Waals surface area contributed by atoms with Crippen LogP contribution in [-0.4, -0.2) is 31.6 Å². The number of esters is 1. The van der Waals surface area contributed by atoms with Gasteiger partial charge in [0.15, 0.2) is 0 Å². The number of nitrogens with zero attached hydrogens (tertiary/aromatic N) is 1. The Morgan fingerprint density at radius 2 is 2.25 bits per heavy atom. The lowest BCUT2D eigenvalue weighted by Gasteiger charge is -2.21. The van der Waals surface area contributed by atoms with Crippen molar-refractivity contribution in [3.63, 3.8) is 0 Å². The second kappa shape index (κ2) is 5.70. The summed E-state index contributed by atoms with van der Waals surface area (Å²) < 4.78 is 10.0. The third-order valence-corrected chi connectivity index (χ3v) is 2.66. The van der Waals surface area contributed by atoms with Gasteiger partial charge in [-0.15, -0.1) is 0 Å². The lowest BCUT2D eigenvalue weighted by molar-refractivity contribution is 0.0559. The maximum absolute atomic E-state index is 11.2. The van der Waals surface area contributed by atoms with Crippen LogP contribution < -0.4 is 0 Å². The van der Waals surface area contributed by atoms with Crippen LogP contribution in [0.15, 0.2) is 16.5 Å². The number of hydrogen-bond donors (Lipinski definition) is 0. The van der Waals surface area contributed by atoms with Gasteiger partial charge < -0.3 is 9.15 Å². The fraction of sp³-hybridized carbons (Fsp3) is 0.583. The molecule has 0 saturated heterocycles. The molecule has 0 aliphatic carbocycles. The summed E-state index contributed by atoms with van der Waals surface area (Å²) in [5, 5.41) is 0. The van der Waals surface area contributed by atoms with Crippen LogP contribution in [0, 0.1) is 0 Å². The van der Waals surface area contributed by atoms with Crippen LogP contribution >= 0.6 is 0 Å². The van der Waals surface area contributed by atoms with Crippen molar-refractivity contribution in [2.75, 3.05) is 20.7 Å². The summed E-state index contributed by atoms with van der Waals surface area (Å²) in [6.45, 7) is 5.18.